The highest BCUT2D eigenvalue weighted by Crippen LogP contribution is 2.48. The van der Waals surface area contributed by atoms with Crippen molar-refractivity contribution in [2.75, 3.05) is 31.9 Å². The van der Waals surface area contributed by atoms with E-state index in [2.05, 4.69) is 28.5 Å². The number of allylic oxidation sites excluding steroid dienone is 4. The number of amides is 1. The summed E-state index contributed by atoms with van der Waals surface area (Å²) in [6.45, 7) is 3.37. The molecule has 0 aromatic heterocycles. The highest BCUT2D eigenvalue weighted by Gasteiger charge is 2.46. The van der Waals surface area contributed by atoms with Gasteiger partial charge in [-0.15, -0.1) is 11.8 Å². The summed E-state index contributed by atoms with van der Waals surface area (Å²) in [7, 11) is 0. The van der Waals surface area contributed by atoms with Gasteiger partial charge in [0.15, 0.2) is 0 Å². The van der Waals surface area contributed by atoms with E-state index >= 15 is 0 Å². The van der Waals surface area contributed by atoms with E-state index in [9.17, 15) is 4.79 Å². The van der Waals surface area contributed by atoms with Gasteiger partial charge in [-0.2, -0.15) is 0 Å². The van der Waals surface area contributed by atoms with E-state index in [-0.39, 0.29) is 10.7 Å². The monoisotopic (exact) mass is 299 g/mol. The van der Waals surface area contributed by atoms with Gasteiger partial charge in [0.25, 0.3) is 5.91 Å². The van der Waals surface area contributed by atoms with Gasteiger partial charge in [0.05, 0.1) is 5.71 Å². The van der Waals surface area contributed by atoms with Gasteiger partial charge in [-0.3, -0.25) is 9.79 Å². The Labute approximate surface area is 128 Å². The second-order valence-corrected chi connectivity index (χ2v) is 6.73. The smallest absolute Gasteiger partial charge is 0.251 e. The number of aliphatic imine (C=N–C) groups is 1. The molecule has 3 heterocycles. The molecule has 4 aliphatic rings. The maximum Gasteiger partial charge on any atom is 0.251 e. The molecular formula is C16H17N3OS. The van der Waals surface area contributed by atoms with Gasteiger partial charge in [0, 0.05) is 43.7 Å². The van der Waals surface area contributed by atoms with Crippen LogP contribution in [0, 0.1) is 0 Å². The number of thioether (sulfide) groups is 1. The number of piperazine rings is 1. The lowest BCUT2D eigenvalue weighted by molar-refractivity contribution is -0.127. The van der Waals surface area contributed by atoms with Gasteiger partial charge in [-0.25, -0.2) is 0 Å². The highest BCUT2D eigenvalue weighted by atomic mass is 32.2. The summed E-state index contributed by atoms with van der Waals surface area (Å²) in [5, 5.41) is 3.29. The number of carbonyl (C=O) groups is 1. The molecule has 0 saturated carbocycles. The zero-order valence-corrected chi connectivity index (χ0v) is 12.5. The maximum absolute atomic E-state index is 12.8. The molecular weight excluding hydrogens is 282 g/mol. The topological polar surface area (TPSA) is 44.7 Å². The van der Waals surface area contributed by atoms with E-state index in [1.807, 2.05) is 23.3 Å². The zero-order valence-electron chi connectivity index (χ0n) is 11.7. The van der Waals surface area contributed by atoms with Gasteiger partial charge in [0.2, 0.25) is 0 Å². The molecule has 5 heteroatoms. The van der Waals surface area contributed by atoms with Crippen LogP contribution < -0.4 is 5.32 Å². The summed E-state index contributed by atoms with van der Waals surface area (Å²) in [5.74, 6) is 0.962. The molecule has 0 radical (unpaired) electrons. The lowest BCUT2D eigenvalue weighted by Crippen LogP contribution is -2.47. The number of nitrogens with zero attached hydrogens (tertiary/aromatic N) is 2. The molecule has 3 aliphatic heterocycles. The summed E-state index contributed by atoms with van der Waals surface area (Å²) in [6, 6.07) is 0. The van der Waals surface area contributed by atoms with Crippen molar-refractivity contribution in [3.8, 4) is 0 Å². The minimum absolute atomic E-state index is 0.199. The predicted octanol–water partition coefficient (Wildman–Crippen LogP) is 1.29. The molecule has 0 aromatic carbocycles. The minimum Gasteiger partial charge on any atom is -0.336 e. The van der Waals surface area contributed by atoms with Crippen molar-refractivity contribution in [3.63, 3.8) is 0 Å². The van der Waals surface area contributed by atoms with Crippen LogP contribution in [0.1, 0.15) is 0 Å². The van der Waals surface area contributed by atoms with Crippen LogP contribution in [0.5, 0.6) is 0 Å². The summed E-state index contributed by atoms with van der Waals surface area (Å²) in [5.41, 5.74) is 3.11. The fraction of sp³-hybridized carbons (Fsp3) is 0.375. The van der Waals surface area contributed by atoms with Gasteiger partial charge < -0.3 is 10.2 Å². The van der Waals surface area contributed by atoms with E-state index in [4.69, 9.17) is 0 Å². The van der Waals surface area contributed by atoms with Gasteiger partial charge in [0.1, 0.15) is 4.75 Å². The minimum atomic E-state index is -0.234. The summed E-state index contributed by atoms with van der Waals surface area (Å²) < 4.78 is -0.234. The first kappa shape index (κ1) is 13.1. The third kappa shape index (κ3) is 1.95. The van der Waals surface area contributed by atoms with Crippen LogP contribution >= 0.6 is 11.8 Å². The normalized spacial score (nSPS) is 30.3. The number of hydrogen-bond acceptors (Lipinski definition) is 4. The van der Waals surface area contributed by atoms with Crippen LogP contribution in [-0.4, -0.2) is 53.2 Å². The van der Waals surface area contributed by atoms with Crippen molar-refractivity contribution in [1.82, 2.24) is 10.2 Å². The Morgan fingerprint density at radius 1 is 1.29 bits per heavy atom. The lowest BCUT2D eigenvalue weighted by atomic mass is 9.85. The van der Waals surface area contributed by atoms with Crippen molar-refractivity contribution in [2.24, 2.45) is 4.99 Å². The van der Waals surface area contributed by atoms with E-state index in [1.165, 1.54) is 0 Å². The third-order valence-electron chi connectivity index (χ3n) is 4.36. The Morgan fingerprint density at radius 3 is 3.00 bits per heavy atom. The number of nitrogens with one attached hydrogen (secondary N) is 1. The van der Waals surface area contributed by atoms with E-state index in [0.717, 1.165) is 48.8 Å². The molecule has 4 nitrogen and oxygen atoms in total. The van der Waals surface area contributed by atoms with Gasteiger partial charge in [-0.05, 0) is 17.7 Å². The van der Waals surface area contributed by atoms with Crippen LogP contribution in [0.2, 0.25) is 0 Å². The number of carbonyl (C=O) groups excluding carboxylic acids is 1. The Balaban J connectivity index is 1.72. The molecule has 1 N–H and O–H groups in total. The third-order valence-corrected chi connectivity index (χ3v) is 5.82. The molecule has 0 aromatic rings. The molecule has 1 unspecified atom stereocenters. The Kier molecular flexibility index (Phi) is 3.12. The van der Waals surface area contributed by atoms with E-state index in [1.54, 1.807) is 11.8 Å². The van der Waals surface area contributed by atoms with Crippen LogP contribution in [0.15, 0.2) is 52.7 Å². The van der Waals surface area contributed by atoms with Crippen molar-refractivity contribution in [3.05, 3.63) is 47.7 Å². The van der Waals surface area contributed by atoms with Crippen molar-refractivity contribution < 1.29 is 4.79 Å². The molecule has 1 saturated heterocycles. The average Bonchev–Trinajstić information content (AvgIpc) is 2.93. The standard InChI is InChI=1S/C16H17N3OS/c20-15(19-9-7-17-8-10-19)12-11-21-16-5-2-1-3-14(16)18-6-4-13(12)16/h1-6,17H,7-11H2. The molecule has 1 spiro atoms. The molecule has 0 bridgehead atoms. The Morgan fingerprint density at radius 2 is 2.14 bits per heavy atom. The average molecular weight is 299 g/mol. The van der Waals surface area contributed by atoms with Crippen LogP contribution in [0.25, 0.3) is 0 Å². The molecule has 21 heavy (non-hydrogen) atoms. The highest BCUT2D eigenvalue weighted by molar-refractivity contribution is 8.02. The second kappa shape index (κ2) is 5.00. The summed E-state index contributed by atoms with van der Waals surface area (Å²) in [4.78, 5) is 19.3. The van der Waals surface area contributed by atoms with Crippen LogP contribution in [0.3, 0.4) is 0 Å². The van der Waals surface area contributed by atoms with E-state index < -0.39 is 0 Å². The Hall–Kier alpha value is -1.59. The molecule has 4 rings (SSSR count). The summed E-state index contributed by atoms with van der Waals surface area (Å²) >= 11 is 1.80. The lowest BCUT2D eigenvalue weighted by Gasteiger charge is -2.31. The van der Waals surface area contributed by atoms with Crippen molar-refractivity contribution in [2.45, 2.75) is 4.75 Å². The van der Waals surface area contributed by atoms with Crippen LogP contribution in [-0.2, 0) is 4.79 Å². The first-order valence-electron chi connectivity index (χ1n) is 7.29. The SMILES string of the molecule is O=C(C1=C2C=CN=C3C=CC=CC32SC1)N1CCNCC1. The molecule has 1 atom stereocenters. The number of hydrogen-bond donors (Lipinski definition) is 1. The van der Waals surface area contributed by atoms with Crippen LogP contribution in [0.4, 0.5) is 0 Å². The molecule has 1 fully saturated rings. The van der Waals surface area contributed by atoms with Gasteiger partial charge >= 0.3 is 0 Å². The predicted molar refractivity (Wildman–Crippen MR) is 86.5 cm³/mol. The molecule has 1 aliphatic carbocycles. The molecule has 1 amide bonds. The molecule has 108 valence electrons. The largest absolute Gasteiger partial charge is 0.336 e. The number of rotatable bonds is 1. The Bertz CT molecular complexity index is 638. The maximum atomic E-state index is 12.8. The van der Waals surface area contributed by atoms with Crippen molar-refractivity contribution >= 4 is 23.4 Å². The summed E-state index contributed by atoms with van der Waals surface area (Å²) in [6.07, 6.45) is 12.1. The van der Waals surface area contributed by atoms with Crippen molar-refractivity contribution in [1.29, 1.82) is 0 Å². The quantitative estimate of drug-likeness (QED) is 0.794. The second-order valence-electron chi connectivity index (χ2n) is 5.51. The fourth-order valence-corrected chi connectivity index (χ4v) is 4.69. The zero-order chi connectivity index (χ0) is 14.3. The van der Waals surface area contributed by atoms with Gasteiger partial charge in [-0.1, -0.05) is 18.2 Å². The first-order chi connectivity index (χ1) is 10.3. The fourth-order valence-electron chi connectivity index (χ4n) is 3.25. The van der Waals surface area contributed by atoms with E-state index in [0.29, 0.717) is 0 Å². The first-order valence-corrected chi connectivity index (χ1v) is 8.28.